The monoisotopic (exact) mass is 336 g/mol. The number of carbonyl (C=O) groups is 1. The zero-order valence-corrected chi connectivity index (χ0v) is 14.2. The molecular formula is C19H20N4O2. The number of rotatable bonds is 2. The third-order valence-electron chi connectivity index (χ3n) is 4.46. The van der Waals surface area contributed by atoms with E-state index in [1.807, 2.05) is 42.2 Å². The molecule has 128 valence electrons. The quantitative estimate of drug-likeness (QED) is 0.720. The number of fused-ring (bicyclic) bond motifs is 1. The van der Waals surface area contributed by atoms with E-state index in [4.69, 9.17) is 4.42 Å². The zero-order valence-electron chi connectivity index (χ0n) is 14.2. The lowest BCUT2D eigenvalue weighted by molar-refractivity contribution is 0.0766. The van der Waals surface area contributed by atoms with Crippen molar-refractivity contribution in [2.75, 3.05) is 31.1 Å². The standard InChI is InChI=1S/C19H20N4O2/c1-14-11-15(13-20-12-14)18(24)22-7-4-8-23(10-9-22)19-21-16-5-2-3-6-17(16)25-19/h2-3,5-6,11-13H,4,7-10H2,1H3. The highest BCUT2D eigenvalue weighted by molar-refractivity contribution is 5.94. The van der Waals surface area contributed by atoms with Crippen LogP contribution in [0.1, 0.15) is 22.3 Å². The predicted octanol–water partition coefficient (Wildman–Crippen LogP) is 2.88. The van der Waals surface area contributed by atoms with Crippen molar-refractivity contribution in [1.82, 2.24) is 14.9 Å². The van der Waals surface area contributed by atoms with Crippen LogP contribution in [0.4, 0.5) is 6.01 Å². The van der Waals surface area contributed by atoms with Gasteiger partial charge in [-0.2, -0.15) is 4.98 Å². The van der Waals surface area contributed by atoms with Gasteiger partial charge in [-0.05, 0) is 37.1 Å². The number of para-hydroxylation sites is 2. The number of hydrogen-bond acceptors (Lipinski definition) is 5. The topological polar surface area (TPSA) is 62.5 Å². The maximum absolute atomic E-state index is 12.7. The number of nitrogens with zero attached hydrogens (tertiary/aromatic N) is 4. The highest BCUT2D eigenvalue weighted by Gasteiger charge is 2.23. The minimum atomic E-state index is 0.0376. The number of hydrogen-bond donors (Lipinski definition) is 0. The van der Waals surface area contributed by atoms with Crippen molar-refractivity contribution in [3.05, 3.63) is 53.9 Å². The van der Waals surface area contributed by atoms with Gasteiger partial charge < -0.3 is 14.2 Å². The summed E-state index contributed by atoms with van der Waals surface area (Å²) in [5, 5.41) is 0. The third-order valence-corrected chi connectivity index (χ3v) is 4.46. The van der Waals surface area contributed by atoms with Crippen LogP contribution in [0, 0.1) is 6.92 Å². The minimum absolute atomic E-state index is 0.0376. The molecule has 25 heavy (non-hydrogen) atoms. The van der Waals surface area contributed by atoms with Gasteiger partial charge in [-0.3, -0.25) is 9.78 Å². The molecule has 1 fully saturated rings. The maximum Gasteiger partial charge on any atom is 0.298 e. The van der Waals surface area contributed by atoms with Crippen LogP contribution in [0.5, 0.6) is 0 Å². The van der Waals surface area contributed by atoms with E-state index in [1.54, 1.807) is 12.4 Å². The first kappa shape index (κ1) is 15.6. The molecule has 2 aromatic heterocycles. The summed E-state index contributed by atoms with van der Waals surface area (Å²) < 4.78 is 5.86. The van der Waals surface area contributed by atoms with Crippen molar-refractivity contribution >= 4 is 23.0 Å². The van der Waals surface area contributed by atoms with Crippen LogP contribution in [0.3, 0.4) is 0 Å². The second-order valence-electron chi connectivity index (χ2n) is 6.35. The van der Waals surface area contributed by atoms with Gasteiger partial charge in [0.2, 0.25) is 0 Å². The van der Waals surface area contributed by atoms with Crippen molar-refractivity contribution in [1.29, 1.82) is 0 Å². The Morgan fingerprint density at radius 2 is 2.00 bits per heavy atom. The summed E-state index contributed by atoms with van der Waals surface area (Å²) in [5.74, 6) is 0.0376. The van der Waals surface area contributed by atoms with Gasteiger partial charge in [-0.25, -0.2) is 0 Å². The Bertz CT molecular complexity index is 872. The molecule has 0 unspecified atom stereocenters. The molecule has 3 aromatic rings. The van der Waals surface area contributed by atoms with Crippen LogP contribution in [0.25, 0.3) is 11.1 Å². The normalized spacial score (nSPS) is 15.4. The van der Waals surface area contributed by atoms with Crippen molar-refractivity contribution in [3.8, 4) is 0 Å². The van der Waals surface area contributed by atoms with Gasteiger partial charge in [0, 0.05) is 38.6 Å². The lowest BCUT2D eigenvalue weighted by Gasteiger charge is -2.21. The Morgan fingerprint density at radius 3 is 2.84 bits per heavy atom. The molecule has 0 radical (unpaired) electrons. The van der Waals surface area contributed by atoms with Crippen LogP contribution in [-0.4, -0.2) is 47.0 Å². The van der Waals surface area contributed by atoms with Crippen LogP contribution < -0.4 is 4.90 Å². The second kappa shape index (κ2) is 6.55. The summed E-state index contributed by atoms with van der Waals surface area (Å²) in [6.45, 7) is 4.84. The highest BCUT2D eigenvalue weighted by atomic mass is 16.4. The van der Waals surface area contributed by atoms with Gasteiger partial charge in [-0.15, -0.1) is 0 Å². The molecular weight excluding hydrogens is 316 g/mol. The number of carbonyl (C=O) groups excluding carboxylic acids is 1. The molecule has 1 saturated heterocycles. The molecule has 1 aliphatic rings. The molecule has 6 heteroatoms. The molecule has 1 aliphatic heterocycles. The Morgan fingerprint density at radius 1 is 1.12 bits per heavy atom. The Labute approximate surface area is 146 Å². The first-order valence-electron chi connectivity index (χ1n) is 8.52. The van der Waals surface area contributed by atoms with Gasteiger partial charge >= 0.3 is 0 Å². The van der Waals surface area contributed by atoms with E-state index >= 15 is 0 Å². The fourth-order valence-corrected chi connectivity index (χ4v) is 3.16. The molecule has 1 amide bonds. The molecule has 0 saturated carbocycles. The van der Waals surface area contributed by atoms with Crippen LogP contribution in [0.2, 0.25) is 0 Å². The first-order valence-corrected chi connectivity index (χ1v) is 8.52. The van der Waals surface area contributed by atoms with E-state index in [9.17, 15) is 4.79 Å². The van der Waals surface area contributed by atoms with E-state index < -0.39 is 0 Å². The molecule has 0 bridgehead atoms. The molecule has 1 aromatic carbocycles. The average Bonchev–Trinajstić information content (AvgIpc) is 2.90. The number of oxazole rings is 1. The number of aromatic nitrogens is 2. The molecule has 0 spiro atoms. The van der Waals surface area contributed by atoms with Crippen molar-refractivity contribution in [3.63, 3.8) is 0 Å². The summed E-state index contributed by atoms with van der Waals surface area (Å²) >= 11 is 0. The molecule has 0 N–H and O–H groups in total. The van der Waals surface area contributed by atoms with Crippen LogP contribution >= 0.6 is 0 Å². The Hall–Kier alpha value is -2.89. The summed E-state index contributed by atoms with van der Waals surface area (Å²) in [5.41, 5.74) is 3.30. The van der Waals surface area contributed by atoms with Gasteiger partial charge in [0.15, 0.2) is 5.58 Å². The average molecular weight is 336 g/mol. The number of pyridine rings is 1. The largest absolute Gasteiger partial charge is 0.423 e. The molecule has 0 atom stereocenters. The zero-order chi connectivity index (χ0) is 17.2. The van der Waals surface area contributed by atoms with E-state index in [0.717, 1.165) is 36.2 Å². The van der Waals surface area contributed by atoms with E-state index in [0.29, 0.717) is 24.7 Å². The van der Waals surface area contributed by atoms with Gasteiger partial charge in [0.25, 0.3) is 11.9 Å². The first-order chi connectivity index (χ1) is 12.2. The number of aryl methyl sites for hydroxylation is 1. The minimum Gasteiger partial charge on any atom is -0.423 e. The lowest BCUT2D eigenvalue weighted by atomic mass is 10.2. The summed E-state index contributed by atoms with van der Waals surface area (Å²) in [7, 11) is 0. The Kier molecular flexibility index (Phi) is 4.09. The van der Waals surface area contributed by atoms with Crippen molar-refractivity contribution < 1.29 is 9.21 Å². The maximum atomic E-state index is 12.7. The van der Waals surface area contributed by atoms with Crippen LogP contribution in [-0.2, 0) is 0 Å². The van der Waals surface area contributed by atoms with E-state index in [1.165, 1.54) is 0 Å². The summed E-state index contributed by atoms with van der Waals surface area (Å²) in [6, 6.07) is 10.3. The number of amides is 1. The molecule has 3 heterocycles. The van der Waals surface area contributed by atoms with Crippen molar-refractivity contribution in [2.24, 2.45) is 0 Å². The number of benzene rings is 1. The Balaban J connectivity index is 1.49. The van der Waals surface area contributed by atoms with Gasteiger partial charge in [0.1, 0.15) is 5.52 Å². The van der Waals surface area contributed by atoms with E-state index in [-0.39, 0.29) is 5.91 Å². The second-order valence-corrected chi connectivity index (χ2v) is 6.35. The van der Waals surface area contributed by atoms with Crippen molar-refractivity contribution in [2.45, 2.75) is 13.3 Å². The predicted molar refractivity (Wildman–Crippen MR) is 95.7 cm³/mol. The van der Waals surface area contributed by atoms with E-state index in [2.05, 4.69) is 14.9 Å². The van der Waals surface area contributed by atoms with Gasteiger partial charge in [-0.1, -0.05) is 12.1 Å². The number of anilines is 1. The van der Waals surface area contributed by atoms with Crippen LogP contribution in [0.15, 0.2) is 47.1 Å². The lowest BCUT2D eigenvalue weighted by Crippen LogP contribution is -2.35. The molecule has 0 aliphatic carbocycles. The SMILES string of the molecule is Cc1cncc(C(=O)N2CCCN(c3nc4ccccc4o3)CC2)c1. The third kappa shape index (κ3) is 3.20. The highest BCUT2D eigenvalue weighted by Crippen LogP contribution is 2.22. The fourth-order valence-electron chi connectivity index (χ4n) is 3.16. The molecule has 6 nitrogen and oxygen atoms in total. The molecule has 4 rings (SSSR count). The smallest absolute Gasteiger partial charge is 0.298 e. The summed E-state index contributed by atoms with van der Waals surface area (Å²) in [4.78, 5) is 25.4. The van der Waals surface area contributed by atoms with Gasteiger partial charge in [0.05, 0.1) is 5.56 Å². The fraction of sp³-hybridized carbons (Fsp3) is 0.316. The summed E-state index contributed by atoms with van der Waals surface area (Å²) in [6.07, 6.45) is 4.27.